The number of rotatable bonds is 1. The van der Waals surface area contributed by atoms with Crippen LogP contribution in [-0.2, 0) is 5.11 Å². The Morgan fingerprint density at radius 3 is 2.00 bits per heavy atom. The second-order valence-corrected chi connectivity index (χ2v) is 3.69. The highest BCUT2D eigenvalue weighted by molar-refractivity contribution is 5.30. The first-order valence-electron chi connectivity index (χ1n) is 3.93. The van der Waals surface area contributed by atoms with Crippen LogP contribution in [0.1, 0.15) is 20.8 Å². The minimum Gasteiger partial charge on any atom is -0.488 e. The van der Waals surface area contributed by atoms with Crippen LogP contribution < -0.4 is 4.74 Å². The van der Waals surface area contributed by atoms with Gasteiger partial charge in [0.2, 0.25) is 0 Å². The van der Waals surface area contributed by atoms with Gasteiger partial charge in [-0.05, 0) is 45.0 Å². The summed E-state index contributed by atoms with van der Waals surface area (Å²) in [5, 5.41) is 10.7. The average molecular weight is 165 g/mol. The van der Waals surface area contributed by atoms with Crippen molar-refractivity contribution in [2.24, 2.45) is 0 Å². The Hall–Kier alpha value is -1.18. The third kappa shape index (κ3) is 2.82. The van der Waals surface area contributed by atoms with Gasteiger partial charge >= 0.3 is 0 Å². The molecule has 0 aromatic heterocycles. The van der Waals surface area contributed by atoms with Crippen molar-refractivity contribution >= 4 is 0 Å². The molecule has 12 heavy (non-hydrogen) atoms. The van der Waals surface area contributed by atoms with Crippen molar-refractivity contribution in [1.29, 1.82) is 0 Å². The molecule has 1 radical (unpaired) electrons. The van der Waals surface area contributed by atoms with Gasteiger partial charge in [0.05, 0.1) is 0 Å². The highest BCUT2D eigenvalue weighted by atomic mass is 16.5. The van der Waals surface area contributed by atoms with Crippen molar-refractivity contribution in [2.45, 2.75) is 26.4 Å². The minimum atomic E-state index is -0.204. The molecule has 0 bridgehead atoms. The summed E-state index contributed by atoms with van der Waals surface area (Å²) < 4.78 is 5.52. The molecule has 0 unspecified atom stereocenters. The maximum atomic E-state index is 10.7. The Morgan fingerprint density at radius 1 is 1.08 bits per heavy atom. The fourth-order valence-corrected chi connectivity index (χ4v) is 0.861. The Balaban J connectivity index is 2.71. The molecular formula is C10H13O2. The summed E-state index contributed by atoms with van der Waals surface area (Å²) in [4.78, 5) is 0. The van der Waals surface area contributed by atoms with Gasteiger partial charge in [-0.1, -0.05) is 0 Å². The summed E-state index contributed by atoms with van der Waals surface area (Å²) in [5.74, 6) is 0.748. The van der Waals surface area contributed by atoms with Gasteiger partial charge in [-0.25, -0.2) is 0 Å². The number of ether oxygens (including phenoxy) is 1. The van der Waals surface area contributed by atoms with Crippen LogP contribution in [0.15, 0.2) is 24.3 Å². The molecule has 0 saturated heterocycles. The molecule has 1 rings (SSSR count). The van der Waals surface area contributed by atoms with E-state index < -0.39 is 0 Å². The van der Waals surface area contributed by atoms with Gasteiger partial charge in [0, 0.05) is 0 Å². The lowest BCUT2D eigenvalue weighted by Gasteiger charge is -2.20. The molecule has 65 valence electrons. The second kappa shape index (κ2) is 3.05. The normalized spacial score (nSPS) is 11.2. The smallest absolute Gasteiger partial charge is 0.178 e. The van der Waals surface area contributed by atoms with Gasteiger partial charge in [-0.2, -0.15) is 0 Å². The first kappa shape index (κ1) is 8.91. The molecule has 0 heterocycles. The van der Waals surface area contributed by atoms with Crippen LogP contribution in [0.5, 0.6) is 11.5 Å². The van der Waals surface area contributed by atoms with Crippen LogP contribution in [0.25, 0.3) is 0 Å². The molecule has 0 saturated carbocycles. The van der Waals surface area contributed by atoms with E-state index in [9.17, 15) is 5.11 Å². The van der Waals surface area contributed by atoms with E-state index in [-0.39, 0.29) is 11.4 Å². The topological polar surface area (TPSA) is 29.1 Å². The molecule has 1 aromatic carbocycles. The van der Waals surface area contributed by atoms with Crippen molar-refractivity contribution < 1.29 is 9.84 Å². The fraction of sp³-hybridized carbons (Fsp3) is 0.400. The predicted molar refractivity (Wildman–Crippen MR) is 47.0 cm³/mol. The van der Waals surface area contributed by atoms with E-state index in [1.807, 2.05) is 20.8 Å². The molecular weight excluding hydrogens is 152 g/mol. The lowest BCUT2D eigenvalue weighted by Crippen LogP contribution is -2.22. The van der Waals surface area contributed by atoms with E-state index in [1.165, 1.54) is 12.1 Å². The van der Waals surface area contributed by atoms with E-state index in [4.69, 9.17) is 4.74 Å². The summed E-state index contributed by atoms with van der Waals surface area (Å²) in [6.45, 7) is 5.91. The summed E-state index contributed by atoms with van der Waals surface area (Å²) in [6, 6.07) is 6.38. The zero-order valence-electron chi connectivity index (χ0n) is 7.63. The summed E-state index contributed by atoms with van der Waals surface area (Å²) >= 11 is 0. The maximum absolute atomic E-state index is 10.7. The molecule has 0 spiro atoms. The first-order chi connectivity index (χ1) is 5.47. The quantitative estimate of drug-likeness (QED) is 0.628. The average Bonchev–Trinajstić information content (AvgIpc) is 1.91. The van der Waals surface area contributed by atoms with Gasteiger partial charge in [0.1, 0.15) is 11.4 Å². The maximum Gasteiger partial charge on any atom is 0.178 e. The third-order valence-electron chi connectivity index (χ3n) is 1.25. The largest absolute Gasteiger partial charge is 0.488 e. The van der Waals surface area contributed by atoms with Crippen LogP contribution in [0, 0.1) is 0 Å². The van der Waals surface area contributed by atoms with Crippen molar-refractivity contribution in [1.82, 2.24) is 0 Å². The summed E-state index contributed by atoms with van der Waals surface area (Å²) in [5.41, 5.74) is -0.204. The molecule has 0 N–H and O–H groups in total. The van der Waals surface area contributed by atoms with Gasteiger partial charge < -0.3 is 4.74 Å². The molecule has 0 aliphatic rings. The predicted octanol–water partition coefficient (Wildman–Crippen LogP) is 3.01. The Kier molecular flexibility index (Phi) is 2.27. The standard InChI is InChI=1S/C10H13O2/c1-10(2,3)12-9-6-4-8(11)5-7-9/h4-7H,1-3H3. The Bertz CT molecular complexity index is 244. The number of hydrogen-bond donors (Lipinski definition) is 0. The lowest BCUT2D eigenvalue weighted by molar-refractivity contribution is 0.130. The Labute approximate surface area is 72.8 Å². The van der Waals surface area contributed by atoms with E-state index in [0.29, 0.717) is 0 Å². The van der Waals surface area contributed by atoms with Crippen LogP contribution >= 0.6 is 0 Å². The van der Waals surface area contributed by atoms with Gasteiger partial charge in [-0.15, -0.1) is 0 Å². The molecule has 0 fully saturated rings. The van der Waals surface area contributed by atoms with E-state index in [2.05, 4.69) is 0 Å². The molecule has 2 heteroatoms. The van der Waals surface area contributed by atoms with Crippen molar-refractivity contribution in [2.75, 3.05) is 0 Å². The molecule has 2 nitrogen and oxygen atoms in total. The van der Waals surface area contributed by atoms with Crippen LogP contribution in [0.3, 0.4) is 0 Å². The SMILES string of the molecule is CC(C)(C)Oc1ccc([O])cc1. The highest BCUT2D eigenvalue weighted by Gasteiger charge is 2.11. The van der Waals surface area contributed by atoms with Gasteiger partial charge in [0.15, 0.2) is 5.75 Å². The van der Waals surface area contributed by atoms with Crippen molar-refractivity contribution in [3.05, 3.63) is 24.3 Å². The highest BCUT2D eigenvalue weighted by Crippen LogP contribution is 2.20. The minimum absolute atomic E-state index is 0.0104. The summed E-state index contributed by atoms with van der Waals surface area (Å²) in [7, 11) is 0. The van der Waals surface area contributed by atoms with Crippen LogP contribution in [0.4, 0.5) is 0 Å². The lowest BCUT2D eigenvalue weighted by atomic mass is 10.2. The van der Waals surface area contributed by atoms with Gasteiger partial charge in [-0.3, -0.25) is 5.11 Å². The van der Waals surface area contributed by atoms with E-state index in [0.717, 1.165) is 5.75 Å². The second-order valence-electron chi connectivity index (χ2n) is 3.69. The molecule has 0 amide bonds. The third-order valence-corrected chi connectivity index (χ3v) is 1.25. The summed E-state index contributed by atoms with van der Waals surface area (Å²) in [6.07, 6.45) is 0. The van der Waals surface area contributed by atoms with Crippen LogP contribution in [0.2, 0.25) is 0 Å². The molecule has 0 aliphatic carbocycles. The van der Waals surface area contributed by atoms with E-state index in [1.54, 1.807) is 12.1 Å². The molecule has 0 atom stereocenters. The van der Waals surface area contributed by atoms with Crippen molar-refractivity contribution in [3.63, 3.8) is 0 Å². The van der Waals surface area contributed by atoms with Crippen LogP contribution in [-0.4, -0.2) is 5.60 Å². The van der Waals surface area contributed by atoms with Gasteiger partial charge in [0.25, 0.3) is 0 Å². The zero-order valence-corrected chi connectivity index (χ0v) is 7.63. The number of hydrogen-bond acceptors (Lipinski definition) is 1. The first-order valence-corrected chi connectivity index (χ1v) is 3.93. The Morgan fingerprint density at radius 2 is 1.58 bits per heavy atom. The number of benzene rings is 1. The van der Waals surface area contributed by atoms with Crippen molar-refractivity contribution in [3.8, 4) is 11.5 Å². The monoisotopic (exact) mass is 165 g/mol. The molecule has 1 aromatic rings. The molecule has 0 aliphatic heterocycles. The van der Waals surface area contributed by atoms with E-state index >= 15 is 0 Å². The fourth-order valence-electron chi connectivity index (χ4n) is 0.861. The zero-order chi connectivity index (χ0) is 9.19.